The van der Waals surface area contributed by atoms with Gasteiger partial charge in [0.15, 0.2) is 0 Å². The normalized spacial score (nSPS) is 16.1. The second kappa shape index (κ2) is 14.6. The zero-order valence-electron chi connectivity index (χ0n) is 23.2. The summed E-state index contributed by atoms with van der Waals surface area (Å²) in [6.45, 7) is 0.941. The molecule has 0 bridgehead atoms. The number of benzene rings is 4. The molecule has 2 atom stereocenters. The molecule has 8 nitrogen and oxygen atoms in total. The van der Waals surface area contributed by atoms with E-state index in [-0.39, 0.29) is 11.8 Å². The lowest BCUT2D eigenvalue weighted by Crippen LogP contribution is -2.41. The maximum absolute atomic E-state index is 12.5. The van der Waals surface area contributed by atoms with Crippen LogP contribution in [0.25, 0.3) is 0 Å². The summed E-state index contributed by atoms with van der Waals surface area (Å²) in [5, 5.41) is 5.77. The van der Waals surface area contributed by atoms with Gasteiger partial charge in [0.1, 0.15) is 34.5 Å². The Morgan fingerprint density at radius 3 is 1.21 bits per heavy atom. The fraction of sp³-hybridized carbons (Fsp3) is 0.235. The molecule has 5 rings (SSSR count). The molecular weight excluding hydrogens is 532 g/mol. The Balaban J connectivity index is 1.03. The van der Waals surface area contributed by atoms with Gasteiger partial charge in [0.2, 0.25) is 0 Å². The first-order valence-electron chi connectivity index (χ1n) is 14.2. The van der Waals surface area contributed by atoms with Gasteiger partial charge in [-0.25, -0.2) is 9.59 Å². The number of amides is 2. The molecule has 0 spiro atoms. The highest BCUT2D eigenvalue weighted by Gasteiger charge is 2.26. The quantitative estimate of drug-likeness (QED) is 0.202. The monoisotopic (exact) mass is 566 g/mol. The lowest BCUT2D eigenvalue weighted by Gasteiger charge is -2.31. The summed E-state index contributed by atoms with van der Waals surface area (Å²) in [4.78, 5) is 24.9. The van der Waals surface area contributed by atoms with Gasteiger partial charge in [0.25, 0.3) is 0 Å². The fourth-order valence-electron chi connectivity index (χ4n) is 4.94. The Bertz CT molecular complexity index is 1300. The average Bonchev–Trinajstić information content (AvgIpc) is 3.02. The summed E-state index contributed by atoms with van der Waals surface area (Å²) >= 11 is 0. The Labute approximate surface area is 245 Å². The van der Waals surface area contributed by atoms with Crippen molar-refractivity contribution < 1.29 is 28.5 Å². The second-order valence-corrected chi connectivity index (χ2v) is 10.1. The summed E-state index contributed by atoms with van der Waals surface area (Å²) in [5.74, 6) is 4.08. The summed E-state index contributed by atoms with van der Waals surface area (Å²) in [5.41, 5.74) is 0. The van der Waals surface area contributed by atoms with Gasteiger partial charge in [-0.1, -0.05) is 49.2 Å². The third kappa shape index (κ3) is 8.76. The second-order valence-electron chi connectivity index (χ2n) is 10.1. The number of carbonyl (C=O) groups excluding carboxylic acids is 2. The van der Waals surface area contributed by atoms with E-state index in [2.05, 4.69) is 10.6 Å². The maximum Gasteiger partial charge on any atom is 0.412 e. The van der Waals surface area contributed by atoms with Gasteiger partial charge < -0.3 is 29.6 Å². The van der Waals surface area contributed by atoms with Crippen LogP contribution in [0.15, 0.2) is 109 Å². The number of nitrogens with one attached hydrogen (secondary N) is 2. The first-order chi connectivity index (χ1) is 20.6. The van der Waals surface area contributed by atoms with Crippen LogP contribution in [0.3, 0.4) is 0 Å². The maximum atomic E-state index is 12.5. The summed E-state index contributed by atoms with van der Waals surface area (Å²) in [6, 6.07) is 32.7. The predicted octanol–water partition coefficient (Wildman–Crippen LogP) is 7.95. The lowest BCUT2D eigenvalue weighted by atomic mass is 9.79. The van der Waals surface area contributed by atoms with Crippen molar-refractivity contribution in [3.8, 4) is 34.5 Å². The van der Waals surface area contributed by atoms with E-state index in [1.165, 1.54) is 0 Å². The largest absolute Gasteiger partial charge is 0.457 e. The molecule has 8 heteroatoms. The molecule has 1 saturated carbocycles. The molecule has 4 aromatic carbocycles. The van der Waals surface area contributed by atoms with Crippen LogP contribution in [0.1, 0.15) is 25.7 Å². The Kier molecular flexibility index (Phi) is 9.92. The standard InChI is InChI=1S/C34H34N2O6/c37-33(41-31-19-15-29(16-20-31)39-27-11-3-1-4-12-27)35-23-25-9-7-8-10-26(25)24-36-34(38)42-32-21-17-30(18-22-32)40-28-13-5-2-6-14-28/h1-6,11-22,25-26H,7-10,23-24H2,(H,35,37)(H,36,38). The number of carbonyl (C=O) groups is 2. The third-order valence-electron chi connectivity index (χ3n) is 7.11. The van der Waals surface area contributed by atoms with Crippen LogP contribution in [0, 0.1) is 11.8 Å². The SMILES string of the molecule is O=C(NCC1CCCCC1CNC(=O)Oc1ccc(Oc2ccccc2)cc1)Oc1ccc(Oc2ccccc2)cc1. The van der Waals surface area contributed by atoms with E-state index in [4.69, 9.17) is 18.9 Å². The third-order valence-corrected chi connectivity index (χ3v) is 7.11. The predicted molar refractivity (Wildman–Crippen MR) is 159 cm³/mol. The van der Waals surface area contributed by atoms with E-state index in [9.17, 15) is 9.59 Å². The van der Waals surface area contributed by atoms with Crippen LogP contribution in [-0.2, 0) is 0 Å². The van der Waals surface area contributed by atoms with Gasteiger partial charge in [-0.3, -0.25) is 0 Å². The van der Waals surface area contributed by atoms with Crippen molar-refractivity contribution in [2.45, 2.75) is 25.7 Å². The minimum atomic E-state index is -0.511. The van der Waals surface area contributed by atoms with Crippen molar-refractivity contribution in [1.82, 2.24) is 10.6 Å². The molecular formula is C34H34N2O6. The minimum absolute atomic E-state index is 0.225. The molecule has 1 fully saturated rings. The van der Waals surface area contributed by atoms with Crippen LogP contribution in [0.4, 0.5) is 9.59 Å². The van der Waals surface area contributed by atoms with Gasteiger partial charge in [-0.05, 0) is 97.5 Å². The number of ether oxygens (including phenoxy) is 4. The first kappa shape index (κ1) is 28.5. The Hall–Kier alpha value is -4.98. The topological polar surface area (TPSA) is 95.1 Å². The zero-order chi connectivity index (χ0) is 29.0. The van der Waals surface area contributed by atoms with Crippen molar-refractivity contribution in [1.29, 1.82) is 0 Å². The van der Waals surface area contributed by atoms with E-state index in [1.807, 2.05) is 60.7 Å². The molecule has 216 valence electrons. The number of hydrogen-bond acceptors (Lipinski definition) is 6. The van der Waals surface area contributed by atoms with Gasteiger partial charge >= 0.3 is 12.2 Å². The smallest absolute Gasteiger partial charge is 0.412 e. The van der Waals surface area contributed by atoms with Crippen LogP contribution >= 0.6 is 0 Å². The van der Waals surface area contributed by atoms with Crippen LogP contribution < -0.4 is 29.6 Å². The first-order valence-corrected chi connectivity index (χ1v) is 14.2. The summed E-state index contributed by atoms with van der Waals surface area (Å²) < 4.78 is 22.4. The van der Waals surface area contributed by atoms with Crippen molar-refractivity contribution in [2.75, 3.05) is 13.1 Å². The van der Waals surface area contributed by atoms with Crippen molar-refractivity contribution in [3.63, 3.8) is 0 Å². The number of rotatable bonds is 10. The van der Waals surface area contributed by atoms with Crippen LogP contribution in [-0.4, -0.2) is 25.3 Å². The van der Waals surface area contributed by atoms with Crippen molar-refractivity contribution in [2.24, 2.45) is 11.8 Å². The van der Waals surface area contributed by atoms with E-state index in [1.54, 1.807) is 48.5 Å². The molecule has 0 heterocycles. The summed E-state index contributed by atoms with van der Waals surface area (Å²) in [6.07, 6.45) is 3.09. The van der Waals surface area contributed by atoms with Gasteiger partial charge in [0, 0.05) is 13.1 Å². The molecule has 42 heavy (non-hydrogen) atoms. The molecule has 2 N–H and O–H groups in total. The zero-order valence-corrected chi connectivity index (χ0v) is 23.2. The Morgan fingerprint density at radius 2 is 0.833 bits per heavy atom. The van der Waals surface area contributed by atoms with Crippen molar-refractivity contribution >= 4 is 12.2 Å². The molecule has 0 saturated heterocycles. The summed E-state index contributed by atoms with van der Waals surface area (Å²) in [7, 11) is 0. The van der Waals surface area contributed by atoms with Gasteiger partial charge in [0.05, 0.1) is 0 Å². The molecule has 0 aliphatic heterocycles. The molecule has 4 aromatic rings. The highest BCUT2D eigenvalue weighted by molar-refractivity contribution is 5.71. The van der Waals surface area contributed by atoms with E-state index in [0.29, 0.717) is 36.1 Å². The van der Waals surface area contributed by atoms with E-state index >= 15 is 0 Å². The van der Waals surface area contributed by atoms with Crippen LogP contribution in [0.2, 0.25) is 0 Å². The Morgan fingerprint density at radius 1 is 0.500 bits per heavy atom. The highest BCUT2D eigenvalue weighted by Crippen LogP contribution is 2.30. The lowest BCUT2D eigenvalue weighted by molar-refractivity contribution is 0.177. The fourth-order valence-corrected chi connectivity index (χ4v) is 4.94. The number of hydrogen-bond donors (Lipinski definition) is 2. The van der Waals surface area contributed by atoms with Gasteiger partial charge in [-0.2, -0.15) is 0 Å². The van der Waals surface area contributed by atoms with Crippen molar-refractivity contribution in [3.05, 3.63) is 109 Å². The van der Waals surface area contributed by atoms with E-state index < -0.39 is 12.2 Å². The van der Waals surface area contributed by atoms with Gasteiger partial charge in [-0.15, -0.1) is 0 Å². The molecule has 2 amide bonds. The van der Waals surface area contributed by atoms with E-state index in [0.717, 1.165) is 37.2 Å². The molecule has 0 aromatic heterocycles. The molecule has 0 radical (unpaired) electrons. The molecule has 1 aliphatic carbocycles. The molecule has 1 aliphatic rings. The highest BCUT2D eigenvalue weighted by atomic mass is 16.6. The van der Waals surface area contributed by atoms with Crippen LogP contribution in [0.5, 0.6) is 34.5 Å². The minimum Gasteiger partial charge on any atom is -0.457 e. The molecule has 2 unspecified atom stereocenters. The number of para-hydroxylation sites is 2. The average molecular weight is 567 g/mol.